The second-order valence-electron chi connectivity index (χ2n) is 6.20. The van der Waals surface area contributed by atoms with Crippen molar-refractivity contribution >= 4 is 35.6 Å². The van der Waals surface area contributed by atoms with Crippen molar-refractivity contribution in [2.45, 2.75) is 33.2 Å². The molecule has 3 amide bonds. The third-order valence-corrected chi connectivity index (χ3v) is 3.10. The Morgan fingerprint density at radius 3 is 2.50 bits per heavy atom. The molecule has 0 heterocycles. The topological polar surface area (TPSA) is 84.5 Å². The van der Waals surface area contributed by atoms with Gasteiger partial charge in [-0.15, -0.1) is 0 Å². The summed E-state index contributed by atoms with van der Waals surface area (Å²) in [5.41, 5.74) is 1.19. The van der Waals surface area contributed by atoms with E-state index >= 15 is 0 Å². The van der Waals surface area contributed by atoms with Crippen molar-refractivity contribution in [2.75, 3.05) is 6.61 Å². The van der Waals surface area contributed by atoms with Crippen molar-refractivity contribution in [2.24, 2.45) is 0 Å². The number of aryl methyl sites for hydroxylation is 1. The number of ether oxygens (including phenoxy) is 1. The Morgan fingerprint density at radius 1 is 1.25 bits per heavy atom. The van der Waals surface area contributed by atoms with Crippen LogP contribution in [0.25, 0.3) is 6.08 Å². The Hall–Kier alpha value is -2.34. The fraction of sp³-hybridized carbons (Fsp3) is 0.353. The third-order valence-electron chi connectivity index (χ3n) is 2.69. The molecule has 0 fully saturated rings. The van der Waals surface area contributed by atoms with Crippen molar-refractivity contribution in [1.29, 1.82) is 0 Å². The molecular weight excluding hydrogens is 332 g/mol. The standard InChI is InChI=1S/C17H21ClN2O4/c1-11-5-6-12(9-13(11)18)7-8-15(22)24-10-14(21)19-16(23)20-17(2,3)4/h5-9H,10H2,1-4H3,(H2,19,20,21,23)/b8-7+. The Balaban J connectivity index is 2.42. The van der Waals surface area contributed by atoms with Gasteiger partial charge in [-0.3, -0.25) is 10.1 Å². The van der Waals surface area contributed by atoms with Gasteiger partial charge in [-0.25, -0.2) is 9.59 Å². The number of halogens is 1. The van der Waals surface area contributed by atoms with Crippen LogP contribution >= 0.6 is 11.6 Å². The Morgan fingerprint density at radius 2 is 1.92 bits per heavy atom. The van der Waals surface area contributed by atoms with E-state index in [1.54, 1.807) is 32.9 Å². The molecule has 0 spiro atoms. The molecule has 0 saturated heterocycles. The van der Waals surface area contributed by atoms with Gasteiger partial charge in [0, 0.05) is 16.6 Å². The SMILES string of the molecule is Cc1ccc(/C=C/C(=O)OCC(=O)NC(=O)NC(C)(C)C)cc1Cl. The van der Waals surface area contributed by atoms with Crippen molar-refractivity contribution in [3.05, 3.63) is 40.4 Å². The highest BCUT2D eigenvalue weighted by atomic mass is 35.5. The molecule has 0 aromatic heterocycles. The minimum atomic E-state index is -0.711. The van der Waals surface area contributed by atoms with Gasteiger partial charge in [0.25, 0.3) is 5.91 Å². The molecule has 0 bridgehead atoms. The van der Waals surface area contributed by atoms with Crippen LogP contribution in [0.1, 0.15) is 31.9 Å². The highest BCUT2D eigenvalue weighted by Crippen LogP contribution is 2.17. The number of hydrogen-bond acceptors (Lipinski definition) is 4. The fourth-order valence-corrected chi connectivity index (χ4v) is 1.79. The van der Waals surface area contributed by atoms with Crippen molar-refractivity contribution in [3.63, 3.8) is 0 Å². The lowest BCUT2D eigenvalue weighted by atomic mass is 10.1. The molecule has 0 radical (unpaired) electrons. The van der Waals surface area contributed by atoms with Crippen LogP contribution in [0.15, 0.2) is 24.3 Å². The van der Waals surface area contributed by atoms with Crippen LogP contribution in [0.5, 0.6) is 0 Å². The maximum absolute atomic E-state index is 11.6. The third kappa shape index (κ3) is 7.78. The zero-order valence-corrected chi connectivity index (χ0v) is 14.9. The van der Waals surface area contributed by atoms with Gasteiger partial charge in [0.05, 0.1) is 0 Å². The molecule has 2 N–H and O–H groups in total. The highest BCUT2D eigenvalue weighted by molar-refractivity contribution is 6.31. The number of carbonyl (C=O) groups is 3. The number of urea groups is 1. The van der Waals surface area contributed by atoms with E-state index < -0.39 is 30.1 Å². The molecule has 0 aliphatic heterocycles. The zero-order chi connectivity index (χ0) is 18.3. The summed E-state index contributed by atoms with van der Waals surface area (Å²) in [6.07, 6.45) is 2.71. The zero-order valence-electron chi connectivity index (χ0n) is 14.1. The van der Waals surface area contributed by atoms with Crippen LogP contribution in [0, 0.1) is 6.92 Å². The number of esters is 1. The lowest BCUT2D eigenvalue weighted by Gasteiger charge is -2.20. The quantitative estimate of drug-likeness (QED) is 0.644. The summed E-state index contributed by atoms with van der Waals surface area (Å²) in [7, 11) is 0. The predicted molar refractivity (Wildman–Crippen MR) is 92.6 cm³/mol. The molecule has 130 valence electrons. The van der Waals surface area contributed by atoms with Gasteiger partial charge in [-0.05, 0) is 51.0 Å². The molecule has 0 atom stereocenters. The molecule has 0 aliphatic rings. The van der Waals surface area contributed by atoms with E-state index in [-0.39, 0.29) is 0 Å². The number of rotatable bonds is 4. The maximum Gasteiger partial charge on any atom is 0.331 e. The van der Waals surface area contributed by atoms with Gasteiger partial charge in [-0.2, -0.15) is 0 Å². The Bertz CT molecular complexity index is 663. The van der Waals surface area contributed by atoms with Gasteiger partial charge in [0.15, 0.2) is 6.61 Å². The van der Waals surface area contributed by atoms with Crippen molar-refractivity contribution in [1.82, 2.24) is 10.6 Å². The first kappa shape index (κ1) is 19.7. The van der Waals surface area contributed by atoms with Gasteiger partial charge >= 0.3 is 12.0 Å². The average molecular weight is 353 g/mol. The number of amides is 3. The van der Waals surface area contributed by atoms with Crippen molar-refractivity contribution in [3.8, 4) is 0 Å². The number of hydrogen-bond donors (Lipinski definition) is 2. The molecule has 1 rings (SSSR count). The largest absolute Gasteiger partial charge is 0.452 e. The molecule has 0 saturated carbocycles. The minimum Gasteiger partial charge on any atom is -0.452 e. The molecule has 6 nitrogen and oxygen atoms in total. The van der Waals surface area contributed by atoms with Gasteiger partial charge in [0.2, 0.25) is 0 Å². The van der Waals surface area contributed by atoms with Crippen LogP contribution in [0.4, 0.5) is 4.79 Å². The van der Waals surface area contributed by atoms with Crippen LogP contribution in [0.2, 0.25) is 5.02 Å². The number of carbonyl (C=O) groups excluding carboxylic acids is 3. The second-order valence-corrected chi connectivity index (χ2v) is 6.61. The number of nitrogens with one attached hydrogen (secondary N) is 2. The molecule has 1 aromatic rings. The van der Waals surface area contributed by atoms with E-state index in [4.69, 9.17) is 16.3 Å². The van der Waals surface area contributed by atoms with E-state index in [9.17, 15) is 14.4 Å². The lowest BCUT2D eigenvalue weighted by Crippen LogP contribution is -2.49. The molecule has 0 aliphatic carbocycles. The van der Waals surface area contributed by atoms with E-state index in [2.05, 4.69) is 10.6 Å². The van der Waals surface area contributed by atoms with Crippen LogP contribution < -0.4 is 10.6 Å². The van der Waals surface area contributed by atoms with Gasteiger partial charge < -0.3 is 10.1 Å². The second kappa shape index (κ2) is 8.49. The summed E-state index contributed by atoms with van der Waals surface area (Å²) in [6, 6.07) is 4.70. The molecule has 24 heavy (non-hydrogen) atoms. The van der Waals surface area contributed by atoms with E-state index in [0.717, 1.165) is 11.1 Å². The summed E-state index contributed by atoms with van der Waals surface area (Å²) in [6.45, 7) is 6.66. The van der Waals surface area contributed by atoms with Crippen LogP contribution in [-0.2, 0) is 14.3 Å². The maximum atomic E-state index is 11.6. The van der Waals surface area contributed by atoms with E-state index in [1.807, 2.05) is 13.0 Å². The average Bonchev–Trinajstić information content (AvgIpc) is 2.44. The first-order valence-electron chi connectivity index (χ1n) is 7.30. The normalized spacial score (nSPS) is 11.2. The molecule has 7 heteroatoms. The summed E-state index contributed by atoms with van der Waals surface area (Å²) in [5.74, 6) is -1.41. The Labute approximate surface area is 146 Å². The predicted octanol–water partition coefficient (Wildman–Crippen LogP) is 2.83. The van der Waals surface area contributed by atoms with Crippen molar-refractivity contribution < 1.29 is 19.1 Å². The number of benzene rings is 1. The number of imide groups is 1. The monoisotopic (exact) mass is 352 g/mol. The summed E-state index contributed by atoms with van der Waals surface area (Å²) in [4.78, 5) is 34.5. The smallest absolute Gasteiger partial charge is 0.331 e. The first-order chi connectivity index (χ1) is 11.1. The highest BCUT2D eigenvalue weighted by Gasteiger charge is 2.16. The van der Waals surface area contributed by atoms with Gasteiger partial charge in [-0.1, -0.05) is 23.7 Å². The summed E-state index contributed by atoms with van der Waals surface area (Å²) in [5, 5.41) is 5.22. The molecular formula is C17H21ClN2O4. The lowest BCUT2D eigenvalue weighted by molar-refractivity contribution is -0.143. The fourth-order valence-electron chi connectivity index (χ4n) is 1.60. The van der Waals surface area contributed by atoms with E-state index in [0.29, 0.717) is 5.02 Å². The summed E-state index contributed by atoms with van der Waals surface area (Å²) >= 11 is 5.99. The van der Waals surface area contributed by atoms with Crippen LogP contribution in [-0.4, -0.2) is 30.1 Å². The van der Waals surface area contributed by atoms with Crippen LogP contribution in [0.3, 0.4) is 0 Å². The first-order valence-corrected chi connectivity index (χ1v) is 7.67. The molecule has 1 aromatic carbocycles. The minimum absolute atomic E-state index is 0.473. The summed E-state index contributed by atoms with van der Waals surface area (Å²) < 4.78 is 4.76. The van der Waals surface area contributed by atoms with E-state index in [1.165, 1.54) is 12.2 Å². The Kier molecular flexibility index (Phi) is 6.97. The van der Waals surface area contributed by atoms with Gasteiger partial charge in [0.1, 0.15) is 0 Å². The molecule has 0 unspecified atom stereocenters.